The molecule has 7 aliphatic rings. The predicted octanol–water partition coefficient (Wildman–Crippen LogP) is 2.40. The number of fused-ring (bicyclic) bond motifs is 2. The normalized spacial score (nSPS) is 39.2. The van der Waals surface area contributed by atoms with Gasteiger partial charge in [-0.2, -0.15) is 5.48 Å². The highest BCUT2D eigenvalue weighted by molar-refractivity contribution is 14.1. The van der Waals surface area contributed by atoms with Crippen LogP contribution in [0.15, 0.2) is 35.9 Å². The number of amides is 1. The number of aliphatic hydroxyl groups is 5. The summed E-state index contributed by atoms with van der Waals surface area (Å²) in [6, 6.07) is 4.71. The molecule has 0 aromatic heterocycles. The van der Waals surface area contributed by atoms with E-state index in [-0.39, 0.29) is 60.8 Å². The maximum Gasteiger partial charge on any atom is 0.407 e. The van der Waals surface area contributed by atoms with Crippen molar-refractivity contribution in [2.24, 2.45) is 0 Å². The van der Waals surface area contributed by atoms with Gasteiger partial charge in [-0.3, -0.25) is 14.4 Å². The number of Topliss-reactive ketones (excluding diaryl/α,β-unsaturated/α-hetero) is 1. The first-order valence-electron chi connectivity index (χ1n) is 26.9. The summed E-state index contributed by atoms with van der Waals surface area (Å²) in [6.07, 6.45) is -15.1. The number of hydroxylamine groups is 1. The van der Waals surface area contributed by atoms with Crippen LogP contribution in [0.3, 0.4) is 0 Å². The number of rotatable bonds is 18. The van der Waals surface area contributed by atoms with E-state index in [1.807, 2.05) is 35.6 Å². The number of benzene rings is 2. The molecule has 5 aliphatic heterocycles. The Morgan fingerprint density at radius 1 is 0.864 bits per heavy atom. The molecule has 8 N–H and O–H groups in total. The highest BCUT2D eigenvalue weighted by Gasteiger charge is 2.69. The minimum absolute atomic E-state index is 0.0377. The zero-order valence-corrected chi connectivity index (χ0v) is 50.4. The van der Waals surface area contributed by atoms with E-state index in [4.69, 9.17) is 61.7 Å². The fourth-order valence-corrected chi connectivity index (χ4v) is 15.7. The van der Waals surface area contributed by atoms with Gasteiger partial charge in [-0.25, -0.2) is 4.79 Å². The fraction of sp³-hybridized carbons (Fsp3) is 0.685. The number of halogens is 1. The summed E-state index contributed by atoms with van der Waals surface area (Å²) in [5.74, 6) is 0.149. The summed E-state index contributed by atoms with van der Waals surface area (Å²) in [7, 11) is 6.89. The van der Waals surface area contributed by atoms with E-state index in [9.17, 15) is 39.9 Å². The molecule has 0 radical (unpaired) electrons. The molecule has 27 heteroatoms. The molecule has 5 heterocycles. The van der Waals surface area contributed by atoms with Gasteiger partial charge in [-0.05, 0) is 79.1 Å². The van der Waals surface area contributed by atoms with Crippen LogP contribution in [0.2, 0.25) is 0 Å². The van der Waals surface area contributed by atoms with Crippen LogP contribution in [-0.2, 0) is 57.9 Å². The van der Waals surface area contributed by atoms with E-state index in [2.05, 4.69) is 16.1 Å². The summed E-state index contributed by atoms with van der Waals surface area (Å²) in [4.78, 5) is 47.8. The Morgan fingerprint density at radius 2 is 1.59 bits per heavy atom. The number of nitrogens with one attached hydrogen (secondary N) is 3. The topological polar surface area (TPSA) is 308 Å². The summed E-state index contributed by atoms with van der Waals surface area (Å²) < 4.78 is 71.9. The monoisotopic (exact) mass is 1290 g/mol. The van der Waals surface area contributed by atoms with Crippen molar-refractivity contribution in [3.8, 4) is 17.2 Å². The second kappa shape index (κ2) is 25.9. The number of ether oxygens (including phenoxy) is 12. The number of methoxy groups -OCH3 is 5. The van der Waals surface area contributed by atoms with E-state index in [1.54, 1.807) is 59.1 Å². The molecule has 21 atom stereocenters. The van der Waals surface area contributed by atoms with Crippen LogP contribution in [0, 0.1) is 10.5 Å². The summed E-state index contributed by atoms with van der Waals surface area (Å²) >= 11 is 4.19. The molecule has 2 aliphatic carbocycles. The van der Waals surface area contributed by atoms with Crippen molar-refractivity contribution in [2.45, 2.75) is 180 Å². The van der Waals surface area contributed by atoms with Gasteiger partial charge in [0.25, 0.3) is 0 Å². The second-order valence-corrected chi connectivity index (χ2v) is 24.6. The van der Waals surface area contributed by atoms with Gasteiger partial charge >= 0.3 is 6.09 Å². The number of thioether (sulfide) groups is 2. The first-order chi connectivity index (χ1) is 38.7. The number of ketones is 1. The number of aliphatic hydroxyl groups excluding tert-OH is 4. The van der Waals surface area contributed by atoms with Crippen molar-refractivity contribution in [3.05, 3.63) is 61.7 Å². The fourth-order valence-electron chi connectivity index (χ4n) is 12.3. The summed E-state index contributed by atoms with van der Waals surface area (Å²) in [5, 5.41) is 63.3. The van der Waals surface area contributed by atoms with Gasteiger partial charge < -0.3 is 93.0 Å². The Hall–Kier alpha value is -3.02. The molecule has 2 aromatic rings. The lowest BCUT2D eigenvalue weighted by molar-refractivity contribution is -0.343. The van der Waals surface area contributed by atoms with Gasteiger partial charge in [-0.15, -0.1) is 11.8 Å². The van der Waals surface area contributed by atoms with Crippen LogP contribution in [-0.4, -0.2) is 211 Å². The van der Waals surface area contributed by atoms with Crippen molar-refractivity contribution < 1.29 is 102 Å². The number of hydrogen-bond acceptors (Lipinski definition) is 25. The third kappa shape index (κ3) is 11.6. The van der Waals surface area contributed by atoms with Crippen LogP contribution in [0.1, 0.15) is 80.1 Å². The molecule has 1 saturated carbocycles. The Kier molecular flexibility index (Phi) is 20.0. The quantitative estimate of drug-likeness (QED) is 0.0604. The molecule has 1 amide bonds. The Morgan fingerprint density at radius 3 is 2.27 bits per heavy atom. The predicted molar refractivity (Wildman–Crippen MR) is 298 cm³/mol. The summed E-state index contributed by atoms with van der Waals surface area (Å²) in [5.41, 5.74) is 3.32. The smallest absolute Gasteiger partial charge is 0.407 e. The minimum Gasteiger partial charge on any atom is -0.492 e. The number of alkyl carbamates (subject to hydrolysis) is 1. The van der Waals surface area contributed by atoms with Crippen LogP contribution < -0.4 is 30.3 Å². The van der Waals surface area contributed by atoms with E-state index < -0.39 is 131 Å². The zero-order valence-electron chi connectivity index (χ0n) is 46.6. The van der Waals surface area contributed by atoms with Crippen molar-refractivity contribution >= 4 is 63.1 Å². The second-order valence-electron chi connectivity index (χ2n) is 21.1. The lowest BCUT2D eigenvalue weighted by Gasteiger charge is -2.57. The molecular weight excluding hydrogens is 1220 g/mol. The van der Waals surface area contributed by atoms with Crippen molar-refractivity contribution in [2.75, 3.05) is 54.5 Å². The average molecular weight is 1290 g/mol. The van der Waals surface area contributed by atoms with E-state index in [0.29, 0.717) is 38.1 Å². The van der Waals surface area contributed by atoms with Gasteiger partial charge in [0, 0.05) is 39.2 Å². The molecule has 21 unspecified atom stereocenters. The number of carbonyl (C=O) groups excluding carboxylic acids is 3. The van der Waals surface area contributed by atoms with Crippen LogP contribution in [0.4, 0.5) is 4.79 Å². The first-order valence-corrected chi connectivity index (χ1v) is 29.8. The van der Waals surface area contributed by atoms with E-state index in [1.165, 1.54) is 40.2 Å². The molecule has 24 nitrogen and oxygen atoms in total. The SMILES string of the molecule is CCNC1COC(OC2C(OC3c4ccccc4C4(O)CC(=O)C(NC(=O)OC)C35SCC=C45)OC(C)C(NOC3CC(O)C(SC(=O)c4c(C)c(I)c(OC5OC(C)C(O)C(OC)C5O)c(OC)c4OC)C(C)O3)C2O)CC1OC. The van der Waals surface area contributed by atoms with E-state index >= 15 is 0 Å². The molecule has 9 rings (SSSR count). The van der Waals surface area contributed by atoms with Crippen LogP contribution in [0.25, 0.3) is 0 Å². The lowest BCUT2D eigenvalue weighted by Crippen LogP contribution is -2.69. The maximum atomic E-state index is 14.4. The minimum atomic E-state index is -1.70. The van der Waals surface area contributed by atoms with Gasteiger partial charge in [0.1, 0.15) is 48.3 Å². The van der Waals surface area contributed by atoms with Crippen molar-refractivity contribution in [3.63, 3.8) is 0 Å². The zero-order chi connectivity index (χ0) is 58.4. The standard InChI is InChI=1S/C54H74IN3O21S2/c1-11-56-28-21-72-33(19-31(28)67-6)76-44-39(62)37(23(3)74-51(44)78-48-26-14-12-13-15-27(26)53(66)20-30(60)47(57-52(65)71-10)54(48)32(53)16-17-80-54)58-79-34-18-29(59)46(25(5)73-34)81-49(64)35-22(2)36(55)42(45(70-9)41(35)68-7)77-50-40(63)43(69-8)38(61)24(4)75-50/h12-16,23-25,28-29,31,33-34,37-40,43-44,46-48,50-51,56,58-59,61-63,66H,11,17-21H2,1-10H3,(H,57,65). The Labute approximate surface area is 491 Å². The Balaban J connectivity index is 0.929. The number of carbonyl (C=O) groups is 3. The molecule has 2 bridgehead atoms. The molecule has 2 aromatic carbocycles. The first kappa shape index (κ1) is 62.5. The van der Waals surface area contributed by atoms with Gasteiger partial charge in [0.05, 0.1) is 89.7 Å². The van der Waals surface area contributed by atoms with Crippen molar-refractivity contribution in [1.82, 2.24) is 16.1 Å². The van der Waals surface area contributed by atoms with Gasteiger partial charge in [-0.1, -0.05) is 49.0 Å². The highest BCUT2D eigenvalue weighted by atomic mass is 127. The van der Waals surface area contributed by atoms with Gasteiger partial charge in [0.2, 0.25) is 17.2 Å². The molecule has 4 saturated heterocycles. The van der Waals surface area contributed by atoms with E-state index in [0.717, 1.165) is 11.8 Å². The Bertz CT molecular complexity index is 2630. The molecule has 81 heavy (non-hydrogen) atoms. The molecule has 0 spiro atoms. The molecule has 5 fully saturated rings. The van der Waals surface area contributed by atoms with Crippen LogP contribution in [0.5, 0.6) is 17.2 Å². The number of hydrogen-bond donors (Lipinski definition) is 8. The largest absolute Gasteiger partial charge is 0.492 e. The average Bonchev–Trinajstić information content (AvgIpc) is 4.15. The maximum absolute atomic E-state index is 14.4. The highest BCUT2D eigenvalue weighted by Crippen LogP contribution is 2.65. The lowest BCUT2D eigenvalue weighted by atomic mass is 9.59. The molecule has 450 valence electrons. The van der Waals surface area contributed by atoms with Crippen molar-refractivity contribution in [1.29, 1.82) is 0 Å². The molecular formula is C54H74IN3O21S2. The summed E-state index contributed by atoms with van der Waals surface area (Å²) in [6.45, 7) is 9.57. The number of likely N-dealkylation sites (N-methyl/N-ethyl adjacent to an activating group) is 1. The van der Waals surface area contributed by atoms with Crippen LogP contribution >= 0.6 is 46.1 Å². The third-order valence-corrected chi connectivity index (χ3v) is 20.5. The van der Waals surface area contributed by atoms with Gasteiger partial charge in [0.15, 0.2) is 36.2 Å². The third-order valence-electron chi connectivity index (χ3n) is 16.4.